The van der Waals surface area contributed by atoms with Crippen LogP contribution < -0.4 is 0 Å². The lowest BCUT2D eigenvalue weighted by Gasteiger charge is -2.12. The molecular formula is C12H10O2. The van der Waals surface area contributed by atoms with Crippen LogP contribution in [-0.2, 0) is 10.3 Å². The Morgan fingerprint density at radius 1 is 1.00 bits per heavy atom. The first-order valence-electron chi connectivity index (χ1n) is 4.62. The van der Waals surface area contributed by atoms with Crippen LogP contribution in [0.4, 0.5) is 0 Å². The number of ether oxygens (including phenoxy) is 1. The van der Waals surface area contributed by atoms with Crippen LogP contribution in [-0.4, -0.2) is 10.9 Å². The second-order valence-corrected chi connectivity index (χ2v) is 3.62. The van der Waals surface area contributed by atoms with Crippen molar-refractivity contribution in [2.24, 2.45) is 0 Å². The minimum absolute atomic E-state index is 0.636. The largest absolute Gasteiger partial charge is 0.359 e. The van der Waals surface area contributed by atoms with E-state index in [1.807, 2.05) is 42.5 Å². The smallest absolute Gasteiger partial charge is 0.225 e. The van der Waals surface area contributed by atoms with Gasteiger partial charge in [0.2, 0.25) is 5.79 Å². The summed E-state index contributed by atoms with van der Waals surface area (Å²) in [5.41, 5.74) is 0.353. The highest BCUT2D eigenvalue weighted by Crippen LogP contribution is 2.57. The van der Waals surface area contributed by atoms with Crippen LogP contribution in [0.3, 0.4) is 0 Å². The molecule has 2 nitrogen and oxygen atoms in total. The molecule has 1 heterocycles. The molecule has 1 aromatic carbocycles. The number of fused-ring (bicyclic) bond motifs is 1. The van der Waals surface area contributed by atoms with E-state index in [1.165, 1.54) is 0 Å². The van der Waals surface area contributed by atoms with E-state index in [0.29, 0.717) is 0 Å². The average Bonchev–Trinajstić information content (AvgIpc) is 2.87. The Morgan fingerprint density at radius 3 is 2.43 bits per heavy atom. The quantitative estimate of drug-likeness (QED) is 0.677. The van der Waals surface area contributed by atoms with Crippen molar-refractivity contribution in [3.63, 3.8) is 0 Å². The van der Waals surface area contributed by atoms with Crippen LogP contribution in [0.2, 0.25) is 0 Å². The van der Waals surface area contributed by atoms with Gasteiger partial charge in [-0.3, -0.25) is 0 Å². The number of benzene rings is 1. The molecule has 2 heteroatoms. The van der Waals surface area contributed by atoms with Crippen molar-refractivity contribution >= 4 is 0 Å². The van der Waals surface area contributed by atoms with Gasteiger partial charge in [-0.15, -0.1) is 0 Å². The van der Waals surface area contributed by atoms with E-state index >= 15 is 0 Å². The van der Waals surface area contributed by atoms with Crippen molar-refractivity contribution in [2.45, 2.75) is 11.4 Å². The van der Waals surface area contributed by atoms with Crippen molar-refractivity contribution in [1.29, 1.82) is 0 Å². The van der Waals surface area contributed by atoms with Crippen LogP contribution in [0.25, 0.3) is 0 Å². The molecule has 0 spiro atoms. The summed E-state index contributed by atoms with van der Waals surface area (Å²) in [6, 6.07) is 9.75. The second kappa shape index (κ2) is 2.35. The first-order chi connectivity index (χ1) is 6.77. The maximum absolute atomic E-state index is 9.99. The SMILES string of the molecule is OC12C=CC=CC1(c1ccccc1)O2. The fourth-order valence-electron chi connectivity index (χ4n) is 1.96. The zero-order valence-electron chi connectivity index (χ0n) is 7.55. The third kappa shape index (κ3) is 0.820. The Balaban J connectivity index is 2.10. The normalized spacial score (nSPS) is 38.1. The average molecular weight is 186 g/mol. The molecule has 1 aliphatic carbocycles. The maximum Gasteiger partial charge on any atom is 0.225 e. The lowest BCUT2D eigenvalue weighted by Crippen LogP contribution is -2.21. The van der Waals surface area contributed by atoms with Crippen LogP contribution in [0.1, 0.15) is 5.56 Å². The summed E-state index contributed by atoms with van der Waals surface area (Å²) in [4.78, 5) is 0. The molecular weight excluding hydrogens is 176 g/mol. The highest BCUT2D eigenvalue weighted by Gasteiger charge is 2.68. The van der Waals surface area contributed by atoms with Crippen molar-refractivity contribution in [3.05, 3.63) is 60.2 Å². The van der Waals surface area contributed by atoms with E-state index in [-0.39, 0.29) is 0 Å². The molecule has 0 amide bonds. The van der Waals surface area contributed by atoms with E-state index < -0.39 is 11.4 Å². The van der Waals surface area contributed by atoms with Crippen molar-refractivity contribution in [3.8, 4) is 0 Å². The van der Waals surface area contributed by atoms with Gasteiger partial charge in [0.25, 0.3) is 0 Å². The lowest BCUT2D eigenvalue weighted by molar-refractivity contribution is 0.0825. The monoisotopic (exact) mass is 186 g/mol. The second-order valence-electron chi connectivity index (χ2n) is 3.62. The zero-order chi connectivity index (χ0) is 9.65. The van der Waals surface area contributed by atoms with Gasteiger partial charge in [-0.25, -0.2) is 0 Å². The van der Waals surface area contributed by atoms with Gasteiger partial charge in [0.1, 0.15) is 0 Å². The Bertz CT molecular complexity index is 421. The van der Waals surface area contributed by atoms with Crippen molar-refractivity contribution < 1.29 is 9.84 Å². The van der Waals surface area contributed by atoms with Gasteiger partial charge in [0, 0.05) is 0 Å². The summed E-state index contributed by atoms with van der Waals surface area (Å²) in [6.07, 6.45) is 7.27. The minimum atomic E-state index is -1.12. The lowest BCUT2D eigenvalue weighted by atomic mass is 9.90. The van der Waals surface area contributed by atoms with Gasteiger partial charge in [0.15, 0.2) is 5.60 Å². The third-order valence-corrected chi connectivity index (χ3v) is 2.77. The Morgan fingerprint density at radius 2 is 1.71 bits per heavy atom. The fourth-order valence-corrected chi connectivity index (χ4v) is 1.96. The standard InChI is InChI=1S/C12H10O2/c13-12-9-5-4-8-11(12,14-12)10-6-2-1-3-7-10/h1-9,13H. The summed E-state index contributed by atoms with van der Waals surface area (Å²) < 4.78 is 5.42. The molecule has 14 heavy (non-hydrogen) atoms. The van der Waals surface area contributed by atoms with Gasteiger partial charge in [-0.2, -0.15) is 0 Å². The number of hydrogen-bond acceptors (Lipinski definition) is 2. The van der Waals surface area contributed by atoms with E-state index in [0.717, 1.165) is 5.56 Å². The van der Waals surface area contributed by atoms with Crippen LogP contribution >= 0.6 is 0 Å². The minimum Gasteiger partial charge on any atom is -0.359 e. The van der Waals surface area contributed by atoms with Gasteiger partial charge >= 0.3 is 0 Å². The van der Waals surface area contributed by atoms with Crippen molar-refractivity contribution in [1.82, 2.24) is 0 Å². The van der Waals surface area contributed by atoms with E-state index in [2.05, 4.69) is 0 Å². The molecule has 1 N–H and O–H groups in total. The molecule has 2 atom stereocenters. The number of allylic oxidation sites excluding steroid dienone is 2. The van der Waals surface area contributed by atoms with E-state index in [1.54, 1.807) is 12.2 Å². The molecule has 0 bridgehead atoms. The molecule has 3 rings (SSSR count). The summed E-state index contributed by atoms with van der Waals surface area (Å²) in [7, 11) is 0. The Kier molecular flexibility index (Phi) is 1.34. The molecule has 2 unspecified atom stereocenters. The molecule has 70 valence electrons. The van der Waals surface area contributed by atoms with Gasteiger partial charge in [-0.1, -0.05) is 42.5 Å². The van der Waals surface area contributed by atoms with Gasteiger partial charge in [-0.05, 0) is 17.7 Å². The molecule has 0 saturated carbocycles. The predicted molar refractivity (Wildman–Crippen MR) is 52.4 cm³/mol. The van der Waals surface area contributed by atoms with E-state index in [4.69, 9.17) is 4.74 Å². The maximum atomic E-state index is 9.99. The van der Waals surface area contributed by atoms with Crippen LogP contribution in [0, 0.1) is 0 Å². The number of aliphatic hydroxyl groups is 1. The topological polar surface area (TPSA) is 32.8 Å². The first kappa shape index (κ1) is 7.97. The van der Waals surface area contributed by atoms with Gasteiger partial charge in [0.05, 0.1) is 0 Å². The molecule has 1 fully saturated rings. The molecule has 0 aromatic heterocycles. The summed E-state index contributed by atoms with van der Waals surface area (Å²) in [5, 5.41) is 9.99. The van der Waals surface area contributed by atoms with Crippen molar-refractivity contribution in [2.75, 3.05) is 0 Å². The number of epoxide rings is 1. The Labute approximate surface area is 82.1 Å². The van der Waals surface area contributed by atoms with E-state index in [9.17, 15) is 5.11 Å². The molecule has 1 aliphatic heterocycles. The first-order valence-corrected chi connectivity index (χ1v) is 4.62. The molecule has 2 aliphatic rings. The third-order valence-electron chi connectivity index (χ3n) is 2.77. The number of hydrogen-bond donors (Lipinski definition) is 1. The Hall–Kier alpha value is -1.38. The molecule has 1 aromatic rings. The summed E-state index contributed by atoms with van der Waals surface area (Å²) >= 11 is 0. The molecule has 0 radical (unpaired) electrons. The predicted octanol–water partition coefficient (Wildman–Crippen LogP) is 1.73. The van der Waals surface area contributed by atoms with Crippen LogP contribution in [0.5, 0.6) is 0 Å². The summed E-state index contributed by atoms with van der Waals surface area (Å²) in [6.45, 7) is 0. The molecule has 1 saturated heterocycles. The van der Waals surface area contributed by atoms with Gasteiger partial charge < -0.3 is 9.84 Å². The zero-order valence-corrected chi connectivity index (χ0v) is 7.55. The highest BCUT2D eigenvalue weighted by molar-refractivity contribution is 5.44. The van der Waals surface area contributed by atoms with Crippen LogP contribution in [0.15, 0.2) is 54.6 Å². The highest BCUT2D eigenvalue weighted by atomic mass is 16.7. The summed E-state index contributed by atoms with van der Waals surface area (Å²) in [5.74, 6) is -1.12. The number of rotatable bonds is 1. The fraction of sp³-hybridized carbons (Fsp3) is 0.167.